The van der Waals surface area contributed by atoms with Gasteiger partial charge >= 0.3 is 5.88 Å². The molecule has 144 valence electrons. The van der Waals surface area contributed by atoms with Gasteiger partial charge in [-0.25, -0.2) is 0 Å². The first kappa shape index (κ1) is 19.6. The largest absolute Gasteiger partial charge is 0.452 e. The molecule has 1 N–H and O–H groups in total. The third-order valence-corrected chi connectivity index (χ3v) is 5.18. The second-order valence-electron chi connectivity index (χ2n) is 6.69. The smallest absolute Gasteiger partial charge is 0.335 e. The molecular formula is C20H26ClN4O2+. The number of hydrogen-bond donors (Lipinski definition) is 1. The van der Waals surface area contributed by atoms with Crippen molar-refractivity contribution in [2.24, 2.45) is 0 Å². The SMILES string of the molecule is CCCCNc1nncc2c1=C1C3=C(C=C(OC)[N+]1(OC)C=2)CCC=C3.Cl. The molecule has 1 unspecified atom stereocenters. The number of methoxy groups -OCH3 is 1. The Morgan fingerprint density at radius 3 is 2.89 bits per heavy atom. The van der Waals surface area contributed by atoms with Gasteiger partial charge in [0.1, 0.15) is 0 Å². The van der Waals surface area contributed by atoms with E-state index in [0.717, 1.165) is 60.1 Å². The van der Waals surface area contributed by atoms with E-state index in [9.17, 15) is 0 Å². The van der Waals surface area contributed by atoms with Gasteiger partial charge in [-0.15, -0.1) is 17.5 Å². The van der Waals surface area contributed by atoms with E-state index in [1.807, 2.05) is 6.20 Å². The average molecular weight is 390 g/mol. The van der Waals surface area contributed by atoms with Gasteiger partial charge in [-0.3, -0.25) is 0 Å². The summed E-state index contributed by atoms with van der Waals surface area (Å²) < 4.78 is 5.86. The zero-order valence-electron chi connectivity index (χ0n) is 16.0. The molecule has 0 spiro atoms. The fourth-order valence-electron chi connectivity index (χ4n) is 3.90. The topological polar surface area (TPSA) is 56.3 Å². The first-order valence-corrected chi connectivity index (χ1v) is 9.19. The van der Waals surface area contributed by atoms with Gasteiger partial charge in [0.05, 0.1) is 30.9 Å². The molecule has 27 heavy (non-hydrogen) atoms. The molecule has 0 bridgehead atoms. The number of quaternary nitrogens is 1. The van der Waals surface area contributed by atoms with Crippen LogP contribution in [0.1, 0.15) is 32.6 Å². The van der Waals surface area contributed by atoms with Crippen LogP contribution in [0.4, 0.5) is 5.82 Å². The van der Waals surface area contributed by atoms with Gasteiger partial charge in [0.2, 0.25) is 0 Å². The van der Waals surface area contributed by atoms with Crippen LogP contribution in [0.25, 0.3) is 11.9 Å². The number of allylic oxidation sites excluding steroid dienone is 3. The minimum absolute atomic E-state index is 0. The molecule has 1 aromatic heterocycles. The monoisotopic (exact) mass is 389 g/mol. The Hall–Kier alpha value is -2.15. The molecule has 0 aromatic carbocycles. The summed E-state index contributed by atoms with van der Waals surface area (Å²) in [4.78, 5) is 6.02. The summed E-state index contributed by atoms with van der Waals surface area (Å²) in [6.45, 7) is 3.05. The maximum atomic E-state index is 6.02. The van der Waals surface area contributed by atoms with Crippen LogP contribution in [0.3, 0.4) is 0 Å². The first-order chi connectivity index (χ1) is 12.7. The van der Waals surface area contributed by atoms with Gasteiger partial charge in [0.15, 0.2) is 17.7 Å². The zero-order chi connectivity index (χ0) is 18.1. The molecule has 1 aromatic rings. The average Bonchev–Trinajstić information content (AvgIpc) is 3.04. The van der Waals surface area contributed by atoms with Gasteiger partial charge < -0.3 is 10.1 Å². The normalized spacial score (nSPS) is 22.2. The molecule has 0 radical (unpaired) electrons. The van der Waals surface area contributed by atoms with Crippen molar-refractivity contribution in [1.29, 1.82) is 0 Å². The number of hydrogen-bond acceptors (Lipinski definition) is 5. The highest BCUT2D eigenvalue weighted by atomic mass is 35.5. The predicted octanol–water partition coefficient (Wildman–Crippen LogP) is 2.50. The molecule has 0 fully saturated rings. The van der Waals surface area contributed by atoms with Crippen LogP contribution in [-0.2, 0) is 9.57 Å². The van der Waals surface area contributed by atoms with Crippen LogP contribution in [0.5, 0.6) is 0 Å². The van der Waals surface area contributed by atoms with E-state index in [2.05, 4.69) is 40.7 Å². The number of hydroxylamine groups is 3. The Balaban J connectivity index is 0.00000210. The van der Waals surface area contributed by atoms with Gasteiger partial charge in [-0.1, -0.05) is 30.1 Å². The zero-order valence-corrected chi connectivity index (χ0v) is 16.8. The van der Waals surface area contributed by atoms with Crippen LogP contribution >= 0.6 is 12.4 Å². The second kappa shape index (κ2) is 7.84. The maximum absolute atomic E-state index is 6.02. The van der Waals surface area contributed by atoms with Crippen molar-refractivity contribution in [1.82, 2.24) is 10.2 Å². The first-order valence-electron chi connectivity index (χ1n) is 9.19. The molecule has 0 saturated carbocycles. The maximum Gasteiger partial charge on any atom is 0.335 e. The minimum Gasteiger partial charge on any atom is -0.452 e. The minimum atomic E-state index is 0. The Bertz CT molecular complexity index is 951. The van der Waals surface area contributed by atoms with Crippen molar-refractivity contribution in [2.75, 3.05) is 26.1 Å². The summed E-state index contributed by atoms with van der Waals surface area (Å²) >= 11 is 0. The van der Waals surface area contributed by atoms with Crippen LogP contribution < -0.4 is 15.8 Å². The lowest BCUT2D eigenvalue weighted by molar-refractivity contribution is -0.962. The van der Waals surface area contributed by atoms with Crippen molar-refractivity contribution < 1.29 is 14.2 Å². The van der Waals surface area contributed by atoms with Gasteiger partial charge in [0, 0.05) is 18.2 Å². The van der Waals surface area contributed by atoms with E-state index in [-0.39, 0.29) is 17.1 Å². The molecule has 7 heteroatoms. The number of unbranched alkanes of at least 4 members (excludes halogenated alkanes) is 1. The number of nitrogens with one attached hydrogen (secondary N) is 1. The molecular weight excluding hydrogens is 364 g/mol. The van der Waals surface area contributed by atoms with Crippen LogP contribution in [0.15, 0.2) is 41.5 Å². The highest BCUT2D eigenvalue weighted by Gasteiger charge is 2.49. The van der Waals surface area contributed by atoms with E-state index in [1.165, 1.54) is 11.1 Å². The summed E-state index contributed by atoms with van der Waals surface area (Å²) in [5.74, 6) is 1.56. The number of nitrogens with zero attached hydrogens (tertiary/aromatic N) is 3. The van der Waals surface area contributed by atoms with Crippen LogP contribution in [-0.4, -0.2) is 35.6 Å². The lowest BCUT2D eigenvalue weighted by atomic mass is 9.91. The van der Waals surface area contributed by atoms with Crippen molar-refractivity contribution in [3.05, 3.63) is 51.9 Å². The van der Waals surface area contributed by atoms with E-state index in [0.29, 0.717) is 0 Å². The van der Waals surface area contributed by atoms with E-state index >= 15 is 0 Å². The van der Waals surface area contributed by atoms with Crippen molar-refractivity contribution >= 4 is 30.1 Å². The lowest BCUT2D eigenvalue weighted by Crippen LogP contribution is -2.42. The Labute approximate surface area is 165 Å². The molecule has 3 heterocycles. The second-order valence-corrected chi connectivity index (χ2v) is 6.69. The molecule has 2 aliphatic heterocycles. The molecule has 6 nitrogen and oxygen atoms in total. The third kappa shape index (κ3) is 2.98. The quantitative estimate of drug-likeness (QED) is 0.598. The molecule has 1 aliphatic carbocycles. The van der Waals surface area contributed by atoms with Crippen LogP contribution in [0.2, 0.25) is 0 Å². The summed E-state index contributed by atoms with van der Waals surface area (Å²) in [7, 11) is 3.40. The van der Waals surface area contributed by atoms with Crippen molar-refractivity contribution in [3.8, 4) is 0 Å². The van der Waals surface area contributed by atoms with Crippen molar-refractivity contribution in [3.63, 3.8) is 0 Å². The lowest BCUT2D eigenvalue weighted by Gasteiger charge is -2.34. The molecule has 0 saturated heterocycles. The number of halogens is 1. The highest BCUT2D eigenvalue weighted by molar-refractivity contribution is 5.85. The number of ether oxygens (including phenoxy) is 1. The summed E-state index contributed by atoms with van der Waals surface area (Å²) in [6, 6.07) is 0. The fourth-order valence-corrected chi connectivity index (χ4v) is 3.90. The number of aromatic nitrogens is 2. The van der Waals surface area contributed by atoms with E-state index in [1.54, 1.807) is 20.4 Å². The standard InChI is InChI=1S/C20H25N4O2.ClH/c1-4-5-10-21-20-18-15(12-22-23-20)13-24(26-3)17(25-2)11-14-8-6-7-9-16(14)19(18)24;/h7,9,11-13H,4-6,8,10H2,1-3H3,(H,21,23);1H/q+1;. The predicted molar refractivity (Wildman–Crippen MR) is 108 cm³/mol. The Morgan fingerprint density at radius 1 is 1.30 bits per heavy atom. The van der Waals surface area contributed by atoms with E-state index in [4.69, 9.17) is 9.57 Å². The Morgan fingerprint density at radius 2 is 2.15 bits per heavy atom. The Kier molecular flexibility index (Phi) is 5.69. The highest BCUT2D eigenvalue weighted by Crippen LogP contribution is 2.43. The number of fused-ring (bicyclic) bond motifs is 3. The summed E-state index contributed by atoms with van der Waals surface area (Å²) in [5.41, 5.74) is 3.53. The number of anilines is 1. The fraction of sp³-hybridized carbons (Fsp3) is 0.400. The molecule has 0 amide bonds. The van der Waals surface area contributed by atoms with Crippen molar-refractivity contribution in [2.45, 2.75) is 32.6 Å². The molecule has 3 aliphatic rings. The summed E-state index contributed by atoms with van der Waals surface area (Å²) in [6.07, 6.45) is 14.6. The summed E-state index contributed by atoms with van der Waals surface area (Å²) in [5, 5.41) is 14.1. The molecule has 4 rings (SSSR count). The van der Waals surface area contributed by atoms with Gasteiger partial charge in [-0.05, 0) is 24.8 Å². The van der Waals surface area contributed by atoms with Gasteiger partial charge in [-0.2, -0.15) is 9.94 Å². The number of rotatable bonds is 6. The van der Waals surface area contributed by atoms with E-state index < -0.39 is 0 Å². The third-order valence-electron chi connectivity index (χ3n) is 5.18. The molecule has 1 atom stereocenters. The van der Waals surface area contributed by atoms with Gasteiger partial charge in [0.25, 0.3) is 0 Å². The van der Waals surface area contributed by atoms with Crippen LogP contribution in [0, 0.1) is 0 Å².